The van der Waals surface area contributed by atoms with Crippen molar-refractivity contribution in [1.29, 1.82) is 0 Å². The number of carbonyl (C=O) groups excluding carboxylic acids is 1. The Morgan fingerprint density at radius 2 is 1.33 bits per heavy atom. The number of rotatable bonds is 15. The van der Waals surface area contributed by atoms with Gasteiger partial charge in [0.25, 0.3) is 0 Å². The molecule has 4 heteroatoms. The molecule has 2 radical (unpaired) electrons. The zero-order chi connectivity index (χ0) is 15.8. The van der Waals surface area contributed by atoms with Gasteiger partial charge in [0.1, 0.15) is 0 Å². The second kappa shape index (κ2) is 17.0. The van der Waals surface area contributed by atoms with E-state index >= 15 is 0 Å². The van der Waals surface area contributed by atoms with E-state index in [1.54, 1.807) is 0 Å². The van der Waals surface area contributed by atoms with Gasteiger partial charge < -0.3 is 0 Å². The van der Waals surface area contributed by atoms with Crippen molar-refractivity contribution in [2.24, 2.45) is 0 Å². The molecule has 0 aliphatic heterocycles. The molecule has 0 N–H and O–H groups in total. The molecule has 0 aliphatic rings. The minimum atomic E-state index is -0.633. The first-order valence-corrected chi connectivity index (χ1v) is 13.8. The molecule has 0 aromatic heterocycles. The van der Waals surface area contributed by atoms with Crippen LogP contribution >= 0.6 is 12.6 Å². The van der Waals surface area contributed by atoms with Crippen molar-refractivity contribution >= 4 is 39.7 Å². The Kier molecular flexibility index (Phi) is 17.5. The Labute approximate surface area is 147 Å². The monoisotopic (exact) mass is 422 g/mol. The van der Waals surface area contributed by atoms with Crippen LogP contribution in [0.3, 0.4) is 0 Å². The molecule has 0 aliphatic carbocycles. The van der Waals surface area contributed by atoms with Crippen LogP contribution in [0.15, 0.2) is 0 Å². The van der Waals surface area contributed by atoms with Crippen molar-refractivity contribution in [3.8, 4) is 0 Å². The maximum absolute atomic E-state index is 11.4. The minimum absolute atomic E-state index is 0.0778. The van der Waals surface area contributed by atoms with Gasteiger partial charge in [-0.15, -0.1) is 0 Å². The summed E-state index contributed by atoms with van der Waals surface area (Å²) in [5.74, 6) is -0.0875. The predicted octanol–water partition coefficient (Wildman–Crippen LogP) is 5.24. The van der Waals surface area contributed by atoms with Crippen LogP contribution in [0, 0.1) is 0 Å². The van der Waals surface area contributed by atoms with Crippen LogP contribution in [0.5, 0.6) is 0 Å². The predicted molar refractivity (Wildman–Crippen MR) is 96.4 cm³/mol. The molecule has 0 amide bonds. The molecule has 1 atom stereocenters. The summed E-state index contributed by atoms with van der Waals surface area (Å²) in [6.07, 6.45) is 16.0. The molecule has 0 heterocycles. The van der Waals surface area contributed by atoms with Crippen LogP contribution in [0.1, 0.15) is 84.0 Å². The SMILES string of the molecule is CCCCCCCCCCCCCCOC(=O)[CH](S)[Sn][CH3]. The summed E-state index contributed by atoms with van der Waals surface area (Å²) in [5.41, 5.74) is 0. The summed E-state index contributed by atoms with van der Waals surface area (Å²) in [7, 11) is 0. The van der Waals surface area contributed by atoms with Crippen LogP contribution in [-0.4, -0.2) is 37.0 Å². The molecule has 0 aromatic carbocycles. The summed E-state index contributed by atoms with van der Waals surface area (Å²) in [5, 5.41) is 0. The summed E-state index contributed by atoms with van der Waals surface area (Å²) in [6, 6.07) is 0. The van der Waals surface area contributed by atoms with Crippen molar-refractivity contribution in [2.75, 3.05) is 6.61 Å². The number of thiol groups is 1. The maximum atomic E-state index is 11.4. The van der Waals surface area contributed by atoms with E-state index in [9.17, 15) is 4.79 Å². The second-order valence-corrected chi connectivity index (χ2v) is 10.9. The van der Waals surface area contributed by atoms with E-state index in [0.717, 1.165) is 6.42 Å². The topological polar surface area (TPSA) is 26.3 Å². The molecule has 0 aromatic rings. The fraction of sp³-hybridized carbons (Fsp3) is 0.941. The molecule has 1 unspecified atom stereocenters. The first-order chi connectivity index (χ1) is 10.2. The summed E-state index contributed by atoms with van der Waals surface area (Å²) in [4.78, 5) is 13.5. The van der Waals surface area contributed by atoms with Crippen LogP contribution in [0.2, 0.25) is 4.94 Å². The van der Waals surface area contributed by atoms with Crippen LogP contribution in [0.25, 0.3) is 0 Å². The van der Waals surface area contributed by atoms with Gasteiger partial charge >= 0.3 is 115 Å². The fourth-order valence-electron chi connectivity index (χ4n) is 2.31. The van der Waals surface area contributed by atoms with Crippen LogP contribution in [-0.2, 0) is 9.53 Å². The van der Waals surface area contributed by atoms with Gasteiger partial charge in [0.15, 0.2) is 0 Å². The number of carbonyl (C=O) groups is 1. The quantitative estimate of drug-likeness (QED) is 0.170. The van der Waals surface area contributed by atoms with E-state index < -0.39 is 21.1 Å². The average molecular weight is 421 g/mol. The molecule has 124 valence electrons. The average Bonchev–Trinajstić information content (AvgIpc) is 2.50. The molecule has 0 bridgehead atoms. The standard InChI is InChI=1S/C16H31O2S.CH3.Sn/c1-2-3-4-5-6-7-8-9-10-11-12-13-14-18-16(17)15-19;;/h15,19H,2-14H2,1H3;1H3;. The van der Waals surface area contributed by atoms with Crippen molar-refractivity contribution < 1.29 is 9.53 Å². The van der Waals surface area contributed by atoms with E-state index in [-0.39, 0.29) is 9.24 Å². The normalized spacial score (nSPS) is 12.3. The molecule has 0 spiro atoms. The van der Waals surface area contributed by atoms with E-state index in [1.165, 1.54) is 70.6 Å². The zero-order valence-electron chi connectivity index (χ0n) is 14.0. The van der Waals surface area contributed by atoms with Gasteiger partial charge in [-0.05, 0) is 0 Å². The van der Waals surface area contributed by atoms with Crippen molar-refractivity contribution in [3.05, 3.63) is 0 Å². The Morgan fingerprint density at radius 1 is 0.905 bits per heavy atom. The van der Waals surface area contributed by atoms with E-state index in [1.807, 2.05) is 0 Å². The van der Waals surface area contributed by atoms with Gasteiger partial charge in [0.05, 0.1) is 0 Å². The second-order valence-electron chi connectivity index (χ2n) is 5.75. The third-order valence-corrected chi connectivity index (χ3v) is 7.92. The number of hydrogen-bond acceptors (Lipinski definition) is 3. The molecule has 2 nitrogen and oxygen atoms in total. The third-order valence-electron chi connectivity index (χ3n) is 3.74. The Morgan fingerprint density at radius 3 is 1.76 bits per heavy atom. The Hall–Kier alpha value is 0.619. The number of unbranched alkanes of at least 4 members (excludes halogenated alkanes) is 11. The molecule has 0 saturated carbocycles. The van der Waals surface area contributed by atoms with Gasteiger partial charge in [0.2, 0.25) is 0 Å². The van der Waals surface area contributed by atoms with E-state index in [0.29, 0.717) is 6.61 Å². The summed E-state index contributed by atoms with van der Waals surface area (Å²) < 4.78 is 5.14. The van der Waals surface area contributed by atoms with Gasteiger partial charge in [0, 0.05) is 0 Å². The number of ether oxygens (including phenoxy) is 1. The van der Waals surface area contributed by atoms with Gasteiger partial charge in [-0.3, -0.25) is 0 Å². The summed E-state index contributed by atoms with van der Waals surface area (Å²) >= 11 is 3.61. The molecular weight excluding hydrogens is 387 g/mol. The Balaban J connectivity index is 3.11. The van der Waals surface area contributed by atoms with Crippen LogP contribution < -0.4 is 0 Å². The molecular formula is C17H34O2SSn. The summed E-state index contributed by atoms with van der Waals surface area (Å²) in [6.45, 7) is 2.86. The zero-order valence-corrected chi connectivity index (χ0v) is 17.8. The van der Waals surface area contributed by atoms with Crippen molar-refractivity contribution in [1.82, 2.24) is 0 Å². The first kappa shape index (κ1) is 21.6. The van der Waals surface area contributed by atoms with Gasteiger partial charge in [-0.1, -0.05) is 32.6 Å². The molecule has 0 fully saturated rings. The molecule has 0 rings (SSSR count). The fourth-order valence-corrected chi connectivity index (χ4v) is 3.30. The molecule has 0 saturated heterocycles. The van der Waals surface area contributed by atoms with Crippen LogP contribution in [0.4, 0.5) is 0 Å². The van der Waals surface area contributed by atoms with Crippen molar-refractivity contribution in [2.45, 2.75) is 92.2 Å². The van der Waals surface area contributed by atoms with Crippen molar-refractivity contribution in [3.63, 3.8) is 0 Å². The number of hydrogen-bond donors (Lipinski definition) is 1. The number of esters is 1. The Bertz CT molecular complexity index is 237. The third kappa shape index (κ3) is 15.3. The van der Waals surface area contributed by atoms with E-state index in [2.05, 4.69) is 24.5 Å². The molecule has 21 heavy (non-hydrogen) atoms. The van der Waals surface area contributed by atoms with Gasteiger partial charge in [-0.25, -0.2) is 0 Å². The first-order valence-electron chi connectivity index (χ1n) is 8.74. The van der Waals surface area contributed by atoms with Gasteiger partial charge in [-0.2, -0.15) is 0 Å². The van der Waals surface area contributed by atoms with E-state index in [4.69, 9.17) is 4.74 Å².